The molecule has 2 rings (SSSR count). The van der Waals surface area contributed by atoms with Crippen LogP contribution in [0.2, 0.25) is 0 Å². The second kappa shape index (κ2) is 11.8. The fraction of sp³-hybridized carbons (Fsp3) is 0.650. The van der Waals surface area contributed by atoms with Gasteiger partial charge in [0.1, 0.15) is 12.4 Å². The minimum Gasteiger partial charge on any atom is -0.492 e. The van der Waals surface area contributed by atoms with Crippen LogP contribution in [0.25, 0.3) is 0 Å². The van der Waals surface area contributed by atoms with Crippen molar-refractivity contribution in [3.05, 3.63) is 29.8 Å². The van der Waals surface area contributed by atoms with Gasteiger partial charge in [-0.25, -0.2) is 13.6 Å². The van der Waals surface area contributed by atoms with Gasteiger partial charge in [-0.2, -0.15) is 0 Å². The molecule has 1 heterocycles. The van der Waals surface area contributed by atoms with E-state index in [2.05, 4.69) is 24.1 Å². The fourth-order valence-corrected chi connectivity index (χ4v) is 3.23. The summed E-state index contributed by atoms with van der Waals surface area (Å²) in [5, 5.41) is 2.92. The number of hydrogen-bond donors (Lipinski definition) is 1. The number of rotatable bonds is 10. The summed E-state index contributed by atoms with van der Waals surface area (Å²) < 4.78 is 30.8. The number of ether oxygens (including phenoxy) is 1. The summed E-state index contributed by atoms with van der Waals surface area (Å²) in [6, 6.07) is 7.51. The summed E-state index contributed by atoms with van der Waals surface area (Å²) in [6.45, 7) is 9.69. The van der Waals surface area contributed by atoms with E-state index in [1.165, 1.54) is 0 Å². The van der Waals surface area contributed by atoms with Crippen LogP contribution in [0.15, 0.2) is 24.3 Å². The van der Waals surface area contributed by atoms with E-state index in [-0.39, 0.29) is 12.6 Å². The predicted molar refractivity (Wildman–Crippen MR) is 106 cm³/mol. The Bertz CT molecular complexity index is 591. The van der Waals surface area contributed by atoms with E-state index in [4.69, 9.17) is 4.74 Å². The Balaban J connectivity index is 1.78. The van der Waals surface area contributed by atoms with Gasteiger partial charge in [-0.15, -0.1) is 0 Å². The highest BCUT2D eigenvalue weighted by Crippen LogP contribution is 2.18. The topological polar surface area (TPSA) is 48.1 Å². The molecule has 0 saturated carbocycles. The van der Waals surface area contributed by atoms with Crippen molar-refractivity contribution in [3.63, 3.8) is 0 Å². The average Bonchev–Trinajstić information content (AvgIpc) is 2.70. The number of amides is 2. The van der Waals surface area contributed by atoms with Crippen LogP contribution in [-0.4, -0.2) is 86.1 Å². The van der Waals surface area contributed by atoms with Crippen molar-refractivity contribution in [2.75, 3.05) is 59.0 Å². The van der Waals surface area contributed by atoms with Gasteiger partial charge >= 0.3 is 6.03 Å². The van der Waals surface area contributed by atoms with Crippen molar-refractivity contribution in [3.8, 4) is 5.75 Å². The van der Waals surface area contributed by atoms with Crippen molar-refractivity contribution in [1.82, 2.24) is 20.0 Å². The van der Waals surface area contributed by atoms with Crippen LogP contribution in [0.3, 0.4) is 0 Å². The van der Waals surface area contributed by atoms with Crippen molar-refractivity contribution < 1.29 is 18.3 Å². The number of likely N-dealkylation sites (N-methyl/N-ethyl adjacent to an activating group) is 1. The molecule has 1 aliphatic heterocycles. The maximum atomic E-state index is 12.4. The number of urea groups is 1. The molecule has 0 aromatic heterocycles. The maximum Gasteiger partial charge on any atom is 0.317 e. The average molecular weight is 398 g/mol. The van der Waals surface area contributed by atoms with E-state index in [9.17, 15) is 13.6 Å². The number of piperazine rings is 1. The van der Waals surface area contributed by atoms with Gasteiger partial charge in [0.05, 0.1) is 6.54 Å². The van der Waals surface area contributed by atoms with Crippen LogP contribution in [-0.2, 0) is 6.54 Å². The van der Waals surface area contributed by atoms with Crippen LogP contribution in [0.4, 0.5) is 13.6 Å². The highest BCUT2D eigenvalue weighted by atomic mass is 19.3. The molecule has 1 N–H and O–H groups in total. The van der Waals surface area contributed by atoms with Gasteiger partial charge in [0, 0.05) is 44.8 Å². The molecular formula is C20H32F2N4O2. The molecule has 1 aliphatic rings. The number of halogens is 2. The highest BCUT2D eigenvalue weighted by molar-refractivity contribution is 5.74. The Labute approximate surface area is 166 Å². The van der Waals surface area contributed by atoms with Crippen molar-refractivity contribution in [2.24, 2.45) is 0 Å². The molecule has 0 spiro atoms. The minimum atomic E-state index is -2.33. The SMILES string of the molecule is CCN(CC)CCOc1ccccc1CNC(=O)N1CCN(CC(F)F)CC1. The molecule has 158 valence electrons. The predicted octanol–water partition coefficient (Wildman–Crippen LogP) is 2.50. The van der Waals surface area contributed by atoms with E-state index in [0.29, 0.717) is 39.3 Å². The fourth-order valence-electron chi connectivity index (χ4n) is 3.23. The lowest BCUT2D eigenvalue weighted by molar-refractivity contribution is 0.0636. The first kappa shape index (κ1) is 22.4. The van der Waals surface area contributed by atoms with Crippen LogP contribution in [0.5, 0.6) is 5.75 Å². The number of carbonyl (C=O) groups excluding carboxylic acids is 1. The summed E-state index contributed by atoms with van der Waals surface area (Å²) in [5.41, 5.74) is 0.923. The molecule has 0 unspecified atom stereocenters. The Morgan fingerprint density at radius 2 is 1.86 bits per heavy atom. The number of hydrogen-bond acceptors (Lipinski definition) is 4. The third-order valence-corrected chi connectivity index (χ3v) is 5.02. The van der Waals surface area contributed by atoms with Crippen LogP contribution in [0, 0.1) is 0 Å². The Morgan fingerprint density at radius 3 is 2.50 bits per heavy atom. The van der Waals surface area contributed by atoms with Gasteiger partial charge in [-0.1, -0.05) is 32.0 Å². The molecule has 0 aliphatic carbocycles. The number of nitrogens with zero attached hydrogens (tertiary/aromatic N) is 3. The molecule has 6 nitrogen and oxygen atoms in total. The van der Waals surface area contributed by atoms with E-state index >= 15 is 0 Å². The Morgan fingerprint density at radius 1 is 1.18 bits per heavy atom. The molecule has 1 aromatic carbocycles. The van der Waals surface area contributed by atoms with Gasteiger partial charge in [-0.3, -0.25) is 4.90 Å². The lowest BCUT2D eigenvalue weighted by atomic mass is 10.2. The second-order valence-electron chi connectivity index (χ2n) is 6.82. The highest BCUT2D eigenvalue weighted by Gasteiger charge is 2.22. The van der Waals surface area contributed by atoms with Gasteiger partial charge < -0.3 is 19.9 Å². The molecule has 1 aromatic rings. The minimum absolute atomic E-state index is 0.172. The standard InChI is InChI=1S/C20H32F2N4O2/c1-3-24(4-2)13-14-28-18-8-6-5-7-17(18)15-23-20(27)26-11-9-25(10-12-26)16-19(21)22/h5-8,19H,3-4,9-16H2,1-2H3,(H,23,27). The molecule has 8 heteroatoms. The van der Waals surface area contributed by atoms with Gasteiger partial charge in [0.25, 0.3) is 6.43 Å². The first-order valence-electron chi connectivity index (χ1n) is 9.99. The van der Waals surface area contributed by atoms with Gasteiger partial charge in [-0.05, 0) is 19.2 Å². The summed E-state index contributed by atoms with van der Waals surface area (Å²) in [6.07, 6.45) is -2.33. The quantitative estimate of drug-likeness (QED) is 0.658. The van der Waals surface area contributed by atoms with Crippen LogP contribution in [0.1, 0.15) is 19.4 Å². The first-order chi connectivity index (χ1) is 13.5. The van der Waals surface area contributed by atoms with Crippen LogP contribution < -0.4 is 10.1 Å². The Hall–Kier alpha value is -1.93. The number of carbonyl (C=O) groups is 1. The second-order valence-corrected chi connectivity index (χ2v) is 6.82. The molecule has 28 heavy (non-hydrogen) atoms. The van der Waals surface area contributed by atoms with Gasteiger partial charge in [0.15, 0.2) is 0 Å². The Kier molecular flexibility index (Phi) is 9.43. The van der Waals surface area contributed by atoms with Crippen molar-refractivity contribution >= 4 is 6.03 Å². The number of nitrogens with one attached hydrogen (secondary N) is 1. The molecular weight excluding hydrogens is 366 g/mol. The van der Waals surface area contributed by atoms with E-state index < -0.39 is 6.43 Å². The van der Waals surface area contributed by atoms with Crippen LogP contribution >= 0.6 is 0 Å². The molecule has 0 bridgehead atoms. The summed E-state index contributed by atoms with van der Waals surface area (Å²) in [5.74, 6) is 0.775. The largest absolute Gasteiger partial charge is 0.492 e. The summed E-state index contributed by atoms with van der Waals surface area (Å²) in [7, 11) is 0. The third-order valence-electron chi connectivity index (χ3n) is 5.02. The van der Waals surface area contributed by atoms with E-state index in [1.807, 2.05) is 24.3 Å². The molecule has 1 fully saturated rings. The number of para-hydroxylation sites is 1. The summed E-state index contributed by atoms with van der Waals surface area (Å²) >= 11 is 0. The number of alkyl halides is 2. The summed E-state index contributed by atoms with van der Waals surface area (Å²) in [4.78, 5) is 18.0. The zero-order chi connectivity index (χ0) is 20.4. The van der Waals surface area contributed by atoms with Crippen molar-refractivity contribution in [2.45, 2.75) is 26.8 Å². The number of benzene rings is 1. The third kappa shape index (κ3) is 7.24. The molecule has 0 atom stereocenters. The monoisotopic (exact) mass is 398 g/mol. The first-order valence-corrected chi connectivity index (χ1v) is 9.99. The maximum absolute atomic E-state index is 12.4. The smallest absolute Gasteiger partial charge is 0.317 e. The van der Waals surface area contributed by atoms with E-state index in [0.717, 1.165) is 30.9 Å². The van der Waals surface area contributed by atoms with Crippen molar-refractivity contribution in [1.29, 1.82) is 0 Å². The lowest BCUT2D eigenvalue weighted by Gasteiger charge is -2.34. The normalized spacial score (nSPS) is 15.3. The zero-order valence-electron chi connectivity index (χ0n) is 16.9. The molecule has 1 saturated heterocycles. The van der Waals surface area contributed by atoms with E-state index in [1.54, 1.807) is 9.80 Å². The van der Waals surface area contributed by atoms with Gasteiger partial charge in [0.2, 0.25) is 0 Å². The molecule has 2 amide bonds. The zero-order valence-corrected chi connectivity index (χ0v) is 16.9. The molecule has 0 radical (unpaired) electrons. The lowest BCUT2D eigenvalue weighted by Crippen LogP contribution is -2.52.